The van der Waals surface area contributed by atoms with Crippen molar-refractivity contribution in [2.75, 3.05) is 11.1 Å². The summed E-state index contributed by atoms with van der Waals surface area (Å²) in [5.41, 5.74) is 2.07. The third-order valence-electron chi connectivity index (χ3n) is 5.55. The van der Waals surface area contributed by atoms with Crippen LogP contribution in [0, 0.1) is 5.82 Å². The maximum absolute atomic E-state index is 14.6. The van der Waals surface area contributed by atoms with Crippen LogP contribution in [-0.2, 0) is 4.79 Å². The first-order valence-corrected chi connectivity index (χ1v) is 11.8. The molecule has 33 heavy (non-hydrogen) atoms. The van der Waals surface area contributed by atoms with Crippen molar-refractivity contribution in [1.29, 1.82) is 0 Å². The smallest absolute Gasteiger partial charge is 0.266 e. The van der Waals surface area contributed by atoms with Crippen molar-refractivity contribution in [1.82, 2.24) is 9.55 Å². The van der Waals surface area contributed by atoms with E-state index in [-0.39, 0.29) is 28.1 Å². The molecule has 0 radical (unpaired) electrons. The summed E-state index contributed by atoms with van der Waals surface area (Å²) in [5.74, 6) is -0.431. The van der Waals surface area contributed by atoms with Gasteiger partial charge in [-0.15, -0.1) is 0 Å². The molecule has 1 amide bonds. The number of nitrogens with zero attached hydrogens (tertiary/aromatic N) is 2. The van der Waals surface area contributed by atoms with Gasteiger partial charge in [0.2, 0.25) is 5.91 Å². The number of thioether (sulfide) groups is 1. The standard InChI is InChI=1S/C26H24FN3O2S/c1-3-17(2)18-10-4-7-13-21(18)28-24(31)16-33-26-29-22-14-8-5-11-19(22)25(32)30(26)23-15-9-6-12-20(23)27/h4-15,17H,3,16H2,1-2H3,(H,28,31). The predicted molar refractivity (Wildman–Crippen MR) is 132 cm³/mol. The molecule has 4 aromatic rings. The van der Waals surface area contributed by atoms with E-state index in [0.29, 0.717) is 16.8 Å². The lowest BCUT2D eigenvalue weighted by Gasteiger charge is -2.16. The number of rotatable bonds is 7. The molecule has 0 aliphatic rings. The van der Waals surface area contributed by atoms with E-state index in [1.165, 1.54) is 16.7 Å². The van der Waals surface area contributed by atoms with E-state index in [9.17, 15) is 14.0 Å². The van der Waals surface area contributed by atoms with Crippen LogP contribution in [0.3, 0.4) is 0 Å². The third kappa shape index (κ3) is 4.83. The van der Waals surface area contributed by atoms with Gasteiger partial charge < -0.3 is 5.32 Å². The van der Waals surface area contributed by atoms with Crippen LogP contribution in [-0.4, -0.2) is 21.2 Å². The summed E-state index contributed by atoms with van der Waals surface area (Å²) in [5, 5.41) is 3.61. The van der Waals surface area contributed by atoms with Gasteiger partial charge in [-0.1, -0.05) is 68.1 Å². The summed E-state index contributed by atoms with van der Waals surface area (Å²) in [6.45, 7) is 4.22. The number of aromatic nitrogens is 2. The van der Waals surface area contributed by atoms with Crippen molar-refractivity contribution in [2.45, 2.75) is 31.3 Å². The molecule has 0 saturated carbocycles. The Morgan fingerprint density at radius 2 is 1.76 bits per heavy atom. The first kappa shape index (κ1) is 22.7. The number of amides is 1. The molecule has 0 fully saturated rings. The van der Waals surface area contributed by atoms with Crippen molar-refractivity contribution in [3.05, 3.63) is 94.5 Å². The molecule has 0 aliphatic heterocycles. The van der Waals surface area contributed by atoms with Crippen LogP contribution in [0.2, 0.25) is 0 Å². The molecule has 1 unspecified atom stereocenters. The Bertz CT molecular complexity index is 1370. The van der Waals surface area contributed by atoms with Crippen LogP contribution < -0.4 is 10.9 Å². The summed E-state index contributed by atoms with van der Waals surface area (Å²) in [6, 6.07) is 20.7. The number of benzene rings is 3. The summed E-state index contributed by atoms with van der Waals surface area (Å²) in [6.07, 6.45) is 0.956. The molecule has 168 valence electrons. The zero-order valence-electron chi connectivity index (χ0n) is 18.4. The Kier molecular flexibility index (Phi) is 6.89. The molecule has 1 aromatic heterocycles. The lowest BCUT2D eigenvalue weighted by Crippen LogP contribution is -2.23. The van der Waals surface area contributed by atoms with Gasteiger partial charge in [-0.25, -0.2) is 9.37 Å². The van der Waals surface area contributed by atoms with Crippen LogP contribution in [0.5, 0.6) is 0 Å². The van der Waals surface area contributed by atoms with E-state index in [1.54, 1.807) is 36.4 Å². The van der Waals surface area contributed by atoms with Gasteiger partial charge in [0.05, 0.1) is 22.3 Å². The summed E-state index contributed by atoms with van der Waals surface area (Å²) in [7, 11) is 0. The van der Waals surface area contributed by atoms with Crippen LogP contribution in [0.4, 0.5) is 10.1 Å². The minimum atomic E-state index is -0.537. The zero-order chi connectivity index (χ0) is 23.4. The van der Waals surface area contributed by atoms with Gasteiger partial charge >= 0.3 is 0 Å². The van der Waals surface area contributed by atoms with Gasteiger partial charge in [0, 0.05) is 5.69 Å². The van der Waals surface area contributed by atoms with E-state index in [0.717, 1.165) is 29.4 Å². The average molecular weight is 462 g/mol. The number of nitrogens with one attached hydrogen (secondary N) is 1. The third-order valence-corrected chi connectivity index (χ3v) is 6.49. The monoisotopic (exact) mass is 461 g/mol. The molecule has 3 aromatic carbocycles. The Labute approximate surface area is 195 Å². The molecule has 0 bridgehead atoms. The number of anilines is 1. The second kappa shape index (κ2) is 10.0. The first-order valence-electron chi connectivity index (χ1n) is 10.8. The van der Waals surface area contributed by atoms with Crippen molar-refractivity contribution < 1.29 is 9.18 Å². The summed E-state index contributed by atoms with van der Waals surface area (Å²) < 4.78 is 15.8. The number of hydrogen-bond donors (Lipinski definition) is 1. The Morgan fingerprint density at radius 1 is 1.06 bits per heavy atom. The van der Waals surface area contributed by atoms with Crippen LogP contribution >= 0.6 is 11.8 Å². The van der Waals surface area contributed by atoms with Gasteiger partial charge in [-0.05, 0) is 48.2 Å². The number of carbonyl (C=O) groups is 1. The topological polar surface area (TPSA) is 64.0 Å². The number of halogens is 1. The Hall–Kier alpha value is -3.45. The number of carbonyl (C=O) groups excluding carboxylic acids is 1. The molecule has 1 N–H and O–H groups in total. The molecular formula is C26H24FN3O2S. The molecule has 1 heterocycles. The SMILES string of the molecule is CCC(C)c1ccccc1NC(=O)CSc1nc2ccccc2c(=O)n1-c1ccccc1F. The van der Waals surface area contributed by atoms with Crippen LogP contribution in [0.15, 0.2) is 82.7 Å². The number of hydrogen-bond acceptors (Lipinski definition) is 4. The highest BCUT2D eigenvalue weighted by atomic mass is 32.2. The largest absolute Gasteiger partial charge is 0.325 e. The van der Waals surface area contributed by atoms with Gasteiger partial charge in [-0.3, -0.25) is 14.2 Å². The van der Waals surface area contributed by atoms with Gasteiger partial charge in [-0.2, -0.15) is 0 Å². The minimum absolute atomic E-state index is 0.0219. The second-order valence-electron chi connectivity index (χ2n) is 7.74. The van der Waals surface area contributed by atoms with Gasteiger partial charge in [0.25, 0.3) is 5.56 Å². The van der Waals surface area contributed by atoms with E-state index < -0.39 is 5.82 Å². The van der Waals surface area contributed by atoms with Gasteiger partial charge in [0.15, 0.2) is 5.16 Å². The summed E-state index contributed by atoms with van der Waals surface area (Å²) >= 11 is 1.10. The molecule has 0 aliphatic carbocycles. The van der Waals surface area contributed by atoms with Crippen molar-refractivity contribution in [3.8, 4) is 5.69 Å². The second-order valence-corrected chi connectivity index (χ2v) is 8.68. The van der Waals surface area contributed by atoms with Crippen molar-refractivity contribution in [2.24, 2.45) is 0 Å². The molecule has 1 atom stereocenters. The van der Waals surface area contributed by atoms with Crippen molar-refractivity contribution in [3.63, 3.8) is 0 Å². The number of para-hydroxylation sites is 3. The van der Waals surface area contributed by atoms with Crippen LogP contribution in [0.25, 0.3) is 16.6 Å². The van der Waals surface area contributed by atoms with E-state index in [1.807, 2.05) is 24.3 Å². The molecule has 7 heteroatoms. The molecule has 5 nitrogen and oxygen atoms in total. The predicted octanol–water partition coefficient (Wildman–Crippen LogP) is 5.77. The van der Waals surface area contributed by atoms with Crippen molar-refractivity contribution >= 4 is 34.3 Å². The first-order chi connectivity index (χ1) is 16.0. The van der Waals surface area contributed by atoms with Crippen LogP contribution in [0.1, 0.15) is 31.7 Å². The minimum Gasteiger partial charge on any atom is -0.325 e. The van der Waals surface area contributed by atoms with E-state index >= 15 is 0 Å². The Balaban J connectivity index is 1.66. The fraction of sp³-hybridized carbons (Fsp3) is 0.192. The molecule has 0 saturated heterocycles. The fourth-order valence-electron chi connectivity index (χ4n) is 3.63. The lowest BCUT2D eigenvalue weighted by molar-refractivity contribution is -0.113. The normalized spacial score (nSPS) is 12.0. The maximum atomic E-state index is 14.6. The lowest BCUT2D eigenvalue weighted by atomic mass is 9.97. The quantitative estimate of drug-likeness (QED) is 0.280. The summed E-state index contributed by atoms with van der Waals surface area (Å²) in [4.78, 5) is 30.6. The molecule has 0 spiro atoms. The molecule has 4 rings (SSSR count). The molecular weight excluding hydrogens is 437 g/mol. The maximum Gasteiger partial charge on any atom is 0.266 e. The van der Waals surface area contributed by atoms with E-state index in [4.69, 9.17) is 0 Å². The number of fused-ring (bicyclic) bond motifs is 1. The average Bonchev–Trinajstić information content (AvgIpc) is 2.83. The Morgan fingerprint density at radius 3 is 2.55 bits per heavy atom. The van der Waals surface area contributed by atoms with E-state index in [2.05, 4.69) is 24.1 Å². The highest BCUT2D eigenvalue weighted by Gasteiger charge is 2.18. The fourth-order valence-corrected chi connectivity index (χ4v) is 4.44. The highest BCUT2D eigenvalue weighted by Crippen LogP contribution is 2.27. The highest BCUT2D eigenvalue weighted by molar-refractivity contribution is 7.99. The van der Waals surface area contributed by atoms with Gasteiger partial charge in [0.1, 0.15) is 5.82 Å². The zero-order valence-corrected chi connectivity index (χ0v) is 19.2.